The molecule has 0 N–H and O–H groups in total. The molecule has 0 aliphatic carbocycles. The standard InChI is InChI=1S/C14H11FO/c1-10-3-2-4-11(7-10)12-5-6-14(15)13(8-12)9-16/h2-9H,1H3. The predicted octanol–water partition coefficient (Wildman–Crippen LogP) is 3.61. The highest BCUT2D eigenvalue weighted by Gasteiger charge is 2.04. The van der Waals surface area contributed by atoms with E-state index in [0.29, 0.717) is 6.29 Å². The summed E-state index contributed by atoms with van der Waals surface area (Å²) in [5.74, 6) is -0.480. The minimum absolute atomic E-state index is 0.0963. The smallest absolute Gasteiger partial charge is 0.153 e. The first-order valence-corrected chi connectivity index (χ1v) is 5.02. The summed E-state index contributed by atoms with van der Waals surface area (Å²) in [6.45, 7) is 1.99. The van der Waals surface area contributed by atoms with E-state index in [4.69, 9.17) is 0 Å². The Labute approximate surface area is 93.5 Å². The predicted molar refractivity (Wildman–Crippen MR) is 62.0 cm³/mol. The fraction of sp³-hybridized carbons (Fsp3) is 0.0714. The van der Waals surface area contributed by atoms with Crippen molar-refractivity contribution in [2.45, 2.75) is 6.92 Å². The van der Waals surface area contributed by atoms with E-state index in [2.05, 4.69) is 0 Å². The summed E-state index contributed by atoms with van der Waals surface area (Å²) in [5, 5.41) is 0. The molecule has 0 fully saturated rings. The molecular weight excluding hydrogens is 203 g/mol. The zero-order chi connectivity index (χ0) is 11.5. The van der Waals surface area contributed by atoms with Crippen LogP contribution in [-0.2, 0) is 0 Å². The van der Waals surface area contributed by atoms with Gasteiger partial charge in [0, 0.05) is 0 Å². The number of carbonyl (C=O) groups is 1. The lowest BCUT2D eigenvalue weighted by Crippen LogP contribution is -1.88. The van der Waals surface area contributed by atoms with Crippen LogP contribution in [0.15, 0.2) is 42.5 Å². The van der Waals surface area contributed by atoms with Crippen molar-refractivity contribution in [3.05, 3.63) is 59.4 Å². The number of halogens is 1. The van der Waals surface area contributed by atoms with Gasteiger partial charge < -0.3 is 0 Å². The molecule has 0 saturated heterocycles. The Hall–Kier alpha value is -1.96. The van der Waals surface area contributed by atoms with Crippen LogP contribution in [0.1, 0.15) is 15.9 Å². The first kappa shape index (κ1) is 10.6. The molecule has 16 heavy (non-hydrogen) atoms. The van der Waals surface area contributed by atoms with Gasteiger partial charge in [-0.2, -0.15) is 0 Å². The van der Waals surface area contributed by atoms with Gasteiger partial charge in [-0.25, -0.2) is 4.39 Å². The van der Waals surface area contributed by atoms with E-state index in [1.54, 1.807) is 12.1 Å². The molecule has 80 valence electrons. The summed E-state index contributed by atoms with van der Waals surface area (Å²) >= 11 is 0. The Kier molecular flexibility index (Phi) is 2.82. The lowest BCUT2D eigenvalue weighted by atomic mass is 10.0. The van der Waals surface area contributed by atoms with Gasteiger partial charge in [0.1, 0.15) is 5.82 Å². The van der Waals surface area contributed by atoms with Crippen LogP contribution >= 0.6 is 0 Å². The second kappa shape index (κ2) is 4.27. The molecule has 0 saturated carbocycles. The fourth-order valence-electron chi connectivity index (χ4n) is 1.64. The number of aryl methyl sites for hydroxylation is 1. The molecule has 2 rings (SSSR count). The molecule has 2 heteroatoms. The van der Waals surface area contributed by atoms with E-state index in [9.17, 15) is 9.18 Å². The minimum atomic E-state index is -0.480. The SMILES string of the molecule is Cc1cccc(-c2ccc(F)c(C=O)c2)c1. The lowest BCUT2D eigenvalue weighted by molar-refractivity contribution is 0.112. The van der Waals surface area contributed by atoms with Crippen LogP contribution in [0.3, 0.4) is 0 Å². The molecule has 0 atom stereocenters. The molecule has 0 amide bonds. The first-order chi connectivity index (χ1) is 7.70. The van der Waals surface area contributed by atoms with Crippen LogP contribution in [0.5, 0.6) is 0 Å². The van der Waals surface area contributed by atoms with Crippen molar-refractivity contribution in [2.75, 3.05) is 0 Å². The molecule has 0 aromatic heterocycles. The van der Waals surface area contributed by atoms with Gasteiger partial charge in [0.15, 0.2) is 6.29 Å². The van der Waals surface area contributed by atoms with E-state index < -0.39 is 5.82 Å². The Morgan fingerprint density at radius 3 is 2.50 bits per heavy atom. The summed E-state index contributed by atoms with van der Waals surface area (Å²) in [7, 11) is 0. The van der Waals surface area contributed by atoms with E-state index in [-0.39, 0.29) is 5.56 Å². The average molecular weight is 214 g/mol. The molecule has 0 spiro atoms. The van der Waals surface area contributed by atoms with Crippen molar-refractivity contribution in [2.24, 2.45) is 0 Å². The van der Waals surface area contributed by atoms with Gasteiger partial charge in [-0.15, -0.1) is 0 Å². The summed E-state index contributed by atoms with van der Waals surface area (Å²) in [6.07, 6.45) is 0.536. The maximum atomic E-state index is 13.1. The number of benzene rings is 2. The normalized spacial score (nSPS) is 10.1. The maximum Gasteiger partial charge on any atom is 0.153 e. The molecular formula is C14H11FO. The highest BCUT2D eigenvalue weighted by Crippen LogP contribution is 2.22. The quantitative estimate of drug-likeness (QED) is 0.698. The summed E-state index contributed by atoms with van der Waals surface area (Å²) in [5.41, 5.74) is 3.07. The topological polar surface area (TPSA) is 17.1 Å². The van der Waals surface area contributed by atoms with Gasteiger partial charge >= 0.3 is 0 Å². The fourth-order valence-corrected chi connectivity index (χ4v) is 1.64. The third-order valence-corrected chi connectivity index (χ3v) is 2.47. The van der Waals surface area contributed by atoms with Crippen molar-refractivity contribution in [1.29, 1.82) is 0 Å². The van der Waals surface area contributed by atoms with Crippen LogP contribution in [0.25, 0.3) is 11.1 Å². The molecule has 0 aliphatic rings. The van der Waals surface area contributed by atoms with Crippen LogP contribution in [0.2, 0.25) is 0 Å². The van der Waals surface area contributed by atoms with Crippen LogP contribution in [-0.4, -0.2) is 6.29 Å². The zero-order valence-electron chi connectivity index (χ0n) is 8.91. The first-order valence-electron chi connectivity index (χ1n) is 5.02. The second-order valence-electron chi connectivity index (χ2n) is 3.72. The third-order valence-electron chi connectivity index (χ3n) is 2.47. The van der Waals surface area contributed by atoms with Crippen molar-refractivity contribution in [3.63, 3.8) is 0 Å². The van der Waals surface area contributed by atoms with Gasteiger partial charge in [-0.1, -0.05) is 35.9 Å². The van der Waals surface area contributed by atoms with Crippen molar-refractivity contribution in [1.82, 2.24) is 0 Å². The van der Waals surface area contributed by atoms with Crippen LogP contribution in [0.4, 0.5) is 4.39 Å². The minimum Gasteiger partial charge on any atom is -0.298 e. The molecule has 0 aliphatic heterocycles. The Bertz CT molecular complexity index is 532. The molecule has 2 aromatic carbocycles. The number of hydrogen-bond acceptors (Lipinski definition) is 1. The van der Waals surface area contributed by atoms with Gasteiger partial charge in [-0.3, -0.25) is 4.79 Å². The molecule has 0 heterocycles. The van der Waals surface area contributed by atoms with E-state index in [1.807, 2.05) is 31.2 Å². The van der Waals surface area contributed by atoms with Gasteiger partial charge in [0.2, 0.25) is 0 Å². The number of rotatable bonds is 2. The maximum absolute atomic E-state index is 13.1. The van der Waals surface area contributed by atoms with Crippen molar-refractivity contribution >= 4 is 6.29 Å². The number of carbonyl (C=O) groups excluding carboxylic acids is 1. The third kappa shape index (κ3) is 2.01. The van der Waals surface area contributed by atoms with E-state index >= 15 is 0 Å². The summed E-state index contributed by atoms with van der Waals surface area (Å²) in [6, 6.07) is 12.4. The average Bonchev–Trinajstić information content (AvgIpc) is 2.29. The Morgan fingerprint density at radius 1 is 1.06 bits per heavy atom. The van der Waals surface area contributed by atoms with Gasteiger partial charge in [-0.05, 0) is 30.2 Å². The summed E-state index contributed by atoms with van der Waals surface area (Å²) in [4.78, 5) is 10.6. The Balaban J connectivity index is 2.52. The zero-order valence-corrected chi connectivity index (χ0v) is 8.91. The lowest BCUT2D eigenvalue weighted by Gasteiger charge is -2.04. The van der Waals surface area contributed by atoms with Gasteiger partial charge in [0.25, 0.3) is 0 Å². The summed E-state index contributed by atoms with van der Waals surface area (Å²) < 4.78 is 13.1. The van der Waals surface area contributed by atoms with E-state index in [1.165, 1.54) is 6.07 Å². The molecule has 0 unspecified atom stereocenters. The van der Waals surface area contributed by atoms with E-state index in [0.717, 1.165) is 16.7 Å². The second-order valence-corrected chi connectivity index (χ2v) is 3.72. The van der Waals surface area contributed by atoms with Crippen molar-refractivity contribution in [3.8, 4) is 11.1 Å². The van der Waals surface area contributed by atoms with Gasteiger partial charge in [0.05, 0.1) is 5.56 Å². The molecule has 2 aromatic rings. The highest BCUT2D eigenvalue weighted by atomic mass is 19.1. The molecule has 1 nitrogen and oxygen atoms in total. The van der Waals surface area contributed by atoms with Crippen LogP contribution < -0.4 is 0 Å². The monoisotopic (exact) mass is 214 g/mol. The van der Waals surface area contributed by atoms with Crippen LogP contribution in [0, 0.1) is 12.7 Å². The largest absolute Gasteiger partial charge is 0.298 e. The highest BCUT2D eigenvalue weighted by molar-refractivity contribution is 5.79. The van der Waals surface area contributed by atoms with Crippen molar-refractivity contribution < 1.29 is 9.18 Å². The molecule has 0 radical (unpaired) electrons. The number of hydrogen-bond donors (Lipinski definition) is 0. The Morgan fingerprint density at radius 2 is 1.81 bits per heavy atom. The molecule has 0 bridgehead atoms. The number of aldehydes is 1.